The summed E-state index contributed by atoms with van der Waals surface area (Å²) in [5.74, 6) is 0.554. The van der Waals surface area contributed by atoms with Gasteiger partial charge in [0.05, 0.1) is 0 Å². The summed E-state index contributed by atoms with van der Waals surface area (Å²) >= 11 is 6.08. The quantitative estimate of drug-likeness (QED) is 0.779. The van der Waals surface area contributed by atoms with Crippen molar-refractivity contribution in [1.29, 1.82) is 0 Å². The average Bonchev–Trinajstić information content (AvgIpc) is 2.53. The Labute approximate surface area is 136 Å². The number of benzene rings is 2. The molecule has 0 aliphatic rings. The molecular formula is C18H21ClFNO. The lowest BCUT2D eigenvalue weighted by Crippen LogP contribution is -2.24. The summed E-state index contributed by atoms with van der Waals surface area (Å²) in [5.41, 5.74) is 1.95. The molecule has 0 fully saturated rings. The Balaban J connectivity index is 2.04. The molecular weight excluding hydrogens is 301 g/mol. The Kier molecular flexibility index (Phi) is 6.22. The van der Waals surface area contributed by atoms with Crippen molar-refractivity contribution in [2.75, 3.05) is 0 Å². The van der Waals surface area contributed by atoms with Gasteiger partial charge in [-0.2, -0.15) is 0 Å². The van der Waals surface area contributed by atoms with Crippen molar-refractivity contribution >= 4 is 11.6 Å². The predicted octanol–water partition coefficient (Wildman–Crippen LogP) is 4.95. The van der Waals surface area contributed by atoms with Crippen LogP contribution in [-0.4, -0.2) is 6.04 Å². The number of hydrogen-bond donors (Lipinski definition) is 1. The second-order valence-electron chi connectivity index (χ2n) is 5.36. The molecule has 118 valence electrons. The zero-order valence-electron chi connectivity index (χ0n) is 12.9. The third-order valence-corrected chi connectivity index (χ3v) is 3.82. The van der Waals surface area contributed by atoms with Crippen LogP contribution in [0.2, 0.25) is 5.02 Å². The van der Waals surface area contributed by atoms with Crippen LogP contribution in [0, 0.1) is 5.82 Å². The van der Waals surface area contributed by atoms with Gasteiger partial charge < -0.3 is 10.1 Å². The highest BCUT2D eigenvalue weighted by Crippen LogP contribution is 2.24. The lowest BCUT2D eigenvalue weighted by molar-refractivity contribution is 0.301. The van der Waals surface area contributed by atoms with E-state index in [1.54, 1.807) is 12.1 Å². The molecule has 0 saturated carbocycles. The summed E-state index contributed by atoms with van der Waals surface area (Å²) in [5, 5.41) is 4.12. The SMILES string of the molecule is CCC(C)NCc1cc(Cl)ccc1OCc1ccc(F)cc1. The molecule has 0 bridgehead atoms. The standard InChI is InChI=1S/C18H21ClFNO/c1-3-13(2)21-11-15-10-16(19)6-9-18(15)22-12-14-4-7-17(20)8-5-14/h4-10,13,21H,3,11-12H2,1-2H3. The normalized spacial score (nSPS) is 12.2. The summed E-state index contributed by atoms with van der Waals surface area (Å²) in [6, 6.07) is 12.4. The van der Waals surface area contributed by atoms with Gasteiger partial charge >= 0.3 is 0 Å². The van der Waals surface area contributed by atoms with Crippen molar-refractivity contribution in [1.82, 2.24) is 5.32 Å². The minimum atomic E-state index is -0.242. The fraction of sp³-hybridized carbons (Fsp3) is 0.333. The Morgan fingerprint density at radius 1 is 1.18 bits per heavy atom. The van der Waals surface area contributed by atoms with Crippen LogP contribution in [0.25, 0.3) is 0 Å². The van der Waals surface area contributed by atoms with E-state index >= 15 is 0 Å². The minimum absolute atomic E-state index is 0.242. The molecule has 0 radical (unpaired) electrons. The summed E-state index contributed by atoms with van der Waals surface area (Å²) in [6.07, 6.45) is 1.06. The number of hydrogen-bond acceptors (Lipinski definition) is 2. The molecule has 0 aliphatic heterocycles. The smallest absolute Gasteiger partial charge is 0.124 e. The lowest BCUT2D eigenvalue weighted by Gasteiger charge is -2.15. The maximum Gasteiger partial charge on any atom is 0.124 e. The molecule has 2 aromatic rings. The van der Waals surface area contributed by atoms with Gasteiger partial charge in [0.25, 0.3) is 0 Å². The molecule has 1 unspecified atom stereocenters. The summed E-state index contributed by atoms with van der Waals surface area (Å²) in [6.45, 7) is 5.39. The van der Waals surface area contributed by atoms with E-state index in [-0.39, 0.29) is 5.82 Å². The van der Waals surface area contributed by atoms with Gasteiger partial charge in [-0.05, 0) is 49.2 Å². The van der Waals surface area contributed by atoms with E-state index in [4.69, 9.17) is 16.3 Å². The molecule has 22 heavy (non-hydrogen) atoms. The molecule has 2 nitrogen and oxygen atoms in total. The molecule has 2 aromatic carbocycles. The van der Waals surface area contributed by atoms with Gasteiger partial charge in [-0.25, -0.2) is 4.39 Å². The zero-order chi connectivity index (χ0) is 15.9. The minimum Gasteiger partial charge on any atom is -0.489 e. The molecule has 1 atom stereocenters. The monoisotopic (exact) mass is 321 g/mol. The maximum absolute atomic E-state index is 12.9. The van der Waals surface area contributed by atoms with E-state index in [1.807, 2.05) is 18.2 Å². The number of halogens is 2. The Hall–Kier alpha value is -1.58. The van der Waals surface area contributed by atoms with E-state index in [2.05, 4.69) is 19.2 Å². The van der Waals surface area contributed by atoms with Gasteiger partial charge in [0, 0.05) is 23.2 Å². The highest BCUT2D eigenvalue weighted by atomic mass is 35.5. The van der Waals surface area contributed by atoms with Crippen molar-refractivity contribution in [2.24, 2.45) is 0 Å². The first-order chi connectivity index (χ1) is 10.6. The molecule has 2 rings (SSSR count). The highest BCUT2D eigenvalue weighted by molar-refractivity contribution is 6.30. The molecule has 0 amide bonds. The van der Waals surface area contributed by atoms with Crippen molar-refractivity contribution < 1.29 is 9.13 Å². The van der Waals surface area contributed by atoms with Gasteiger partial charge in [-0.1, -0.05) is 30.7 Å². The Bertz CT molecular complexity index is 601. The van der Waals surface area contributed by atoms with Crippen molar-refractivity contribution in [3.8, 4) is 5.75 Å². The number of rotatable bonds is 7. The molecule has 0 saturated heterocycles. The number of nitrogens with one attached hydrogen (secondary N) is 1. The molecule has 0 heterocycles. The van der Waals surface area contributed by atoms with Crippen LogP contribution >= 0.6 is 11.6 Å². The van der Waals surface area contributed by atoms with Gasteiger partial charge in [-0.3, -0.25) is 0 Å². The highest BCUT2D eigenvalue weighted by Gasteiger charge is 2.07. The maximum atomic E-state index is 12.9. The van der Waals surface area contributed by atoms with Crippen LogP contribution in [0.4, 0.5) is 4.39 Å². The Morgan fingerprint density at radius 3 is 2.59 bits per heavy atom. The third kappa shape index (κ3) is 5.00. The van der Waals surface area contributed by atoms with Crippen LogP contribution in [0.3, 0.4) is 0 Å². The van der Waals surface area contributed by atoms with Crippen LogP contribution in [0.15, 0.2) is 42.5 Å². The first kappa shape index (κ1) is 16.8. The van der Waals surface area contributed by atoms with Crippen molar-refractivity contribution in [3.05, 3.63) is 64.4 Å². The molecule has 0 aromatic heterocycles. The molecule has 1 N–H and O–H groups in total. The summed E-state index contributed by atoms with van der Waals surface area (Å²) in [7, 11) is 0. The van der Waals surface area contributed by atoms with Crippen molar-refractivity contribution in [3.63, 3.8) is 0 Å². The predicted molar refractivity (Wildman–Crippen MR) is 88.8 cm³/mol. The van der Waals surface area contributed by atoms with Gasteiger partial charge in [0.1, 0.15) is 18.2 Å². The fourth-order valence-electron chi connectivity index (χ4n) is 2.00. The van der Waals surface area contributed by atoms with E-state index in [0.717, 1.165) is 23.3 Å². The second kappa shape index (κ2) is 8.16. The molecule has 0 spiro atoms. The average molecular weight is 322 g/mol. The number of ether oxygens (including phenoxy) is 1. The first-order valence-electron chi connectivity index (χ1n) is 7.47. The lowest BCUT2D eigenvalue weighted by atomic mass is 10.1. The molecule has 0 aliphatic carbocycles. The second-order valence-corrected chi connectivity index (χ2v) is 5.79. The first-order valence-corrected chi connectivity index (χ1v) is 7.85. The van der Waals surface area contributed by atoms with Gasteiger partial charge in [-0.15, -0.1) is 0 Å². The van der Waals surface area contributed by atoms with E-state index < -0.39 is 0 Å². The summed E-state index contributed by atoms with van der Waals surface area (Å²) < 4.78 is 18.8. The van der Waals surface area contributed by atoms with Crippen LogP contribution in [0.5, 0.6) is 5.75 Å². The third-order valence-electron chi connectivity index (χ3n) is 3.58. The van der Waals surface area contributed by atoms with Gasteiger partial charge in [0.2, 0.25) is 0 Å². The Morgan fingerprint density at radius 2 is 1.91 bits per heavy atom. The summed E-state index contributed by atoms with van der Waals surface area (Å²) in [4.78, 5) is 0. The zero-order valence-corrected chi connectivity index (χ0v) is 13.7. The fourth-order valence-corrected chi connectivity index (χ4v) is 2.19. The van der Waals surface area contributed by atoms with Gasteiger partial charge in [0.15, 0.2) is 0 Å². The topological polar surface area (TPSA) is 21.3 Å². The van der Waals surface area contributed by atoms with Crippen molar-refractivity contribution in [2.45, 2.75) is 39.5 Å². The molecule has 4 heteroatoms. The van der Waals surface area contributed by atoms with Crippen LogP contribution < -0.4 is 10.1 Å². The van der Waals surface area contributed by atoms with E-state index in [1.165, 1.54) is 12.1 Å². The van der Waals surface area contributed by atoms with E-state index in [0.29, 0.717) is 24.2 Å². The van der Waals surface area contributed by atoms with E-state index in [9.17, 15) is 4.39 Å². The van der Waals surface area contributed by atoms with Crippen LogP contribution in [0.1, 0.15) is 31.4 Å². The van der Waals surface area contributed by atoms with Crippen LogP contribution in [-0.2, 0) is 13.2 Å². The largest absolute Gasteiger partial charge is 0.489 e.